The molecule has 0 aliphatic heterocycles. The molecule has 29 heavy (non-hydrogen) atoms. The van der Waals surface area contributed by atoms with Gasteiger partial charge in [-0.05, 0) is 49.6 Å². The van der Waals surface area contributed by atoms with Crippen LogP contribution in [0.1, 0.15) is 48.4 Å². The van der Waals surface area contributed by atoms with Crippen LogP contribution in [0.4, 0.5) is 0 Å². The average Bonchev–Trinajstić information content (AvgIpc) is 3.17. The van der Waals surface area contributed by atoms with Crippen LogP contribution in [0.15, 0.2) is 42.6 Å². The number of nitrogens with zero attached hydrogens (tertiary/aromatic N) is 3. The SMILES string of the molecule is CCCOc1ccc(CN(CCC)C(=O)c2cn3c(C)cccc3n2)cc1OC. The molecule has 0 radical (unpaired) electrons. The molecule has 0 unspecified atom stereocenters. The Balaban J connectivity index is 1.83. The Morgan fingerprint density at radius 2 is 1.97 bits per heavy atom. The van der Waals surface area contributed by atoms with Crippen molar-refractivity contribution in [2.45, 2.75) is 40.2 Å². The number of aryl methyl sites for hydroxylation is 1. The number of hydrogen-bond acceptors (Lipinski definition) is 4. The maximum Gasteiger partial charge on any atom is 0.274 e. The third kappa shape index (κ3) is 4.70. The van der Waals surface area contributed by atoms with Gasteiger partial charge >= 0.3 is 0 Å². The molecule has 2 heterocycles. The number of methoxy groups -OCH3 is 1. The second-order valence-electron chi connectivity index (χ2n) is 7.08. The molecule has 0 bridgehead atoms. The number of carbonyl (C=O) groups is 1. The highest BCUT2D eigenvalue weighted by Crippen LogP contribution is 2.29. The highest BCUT2D eigenvalue weighted by Gasteiger charge is 2.20. The van der Waals surface area contributed by atoms with Crippen molar-refractivity contribution in [1.29, 1.82) is 0 Å². The summed E-state index contributed by atoms with van der Waals surface area (Å²) < 4.78 is 13.2. The van der Waals surface area contributed by atoms with E-state index in [0.29, 0.717) is 31.1 Å². The monoisotopic (exact) mass is 395 g/mol. The number of benzene rings is 1. The van der Waals surface area contributed by atoms with Crippen molar-refractivity contribution in [3.63, 3.8) is 0 Å². The summed E-state index contributed by atoms with van der Waals surface area (Å²) in [5, 5.41) is 0. The summed E-state index contributed by atoms with van der Waals surface area (Å²) >= 11 is 0. The number of amides is 1. The number of hydrogen-bond donors (Lipinski definition) is 0. The summed E-state index contributed by atoms with van der Waals surface area (Å²) in [4.78, 5) is 19.5. The fourth-order valence-electron chi connectivity index (χ4n) is 3.30. The molecular formula is C23H29N3O3. The molecule has 0 aliphatic rings. The number of fused-ring (bicyclic) bond motifs is 1. The van der Waals surface area contributed by atoms with Crippen LogP contribution < -0.4 is 9.47 Å². The lowest BCUT2D eigenvalue weighted by Crippen LogP contribution is -2.31. The van der Waals surface area contributed by atoms with Crippen LogP contribution >= 0.6 is 0 Å². The predicted molar refractivity (Wildman–Crippen MR) is 114 cm³/mol. The third-order valence-electron chi connectivity index (χ3n) is 4.76. The zero-order valence-electron chi connectivity index (χ0n) is 17.6. The molecule has 3 rings (SSSR count). The van der Waals surface area contributed by atoms with E-state index >= 15 is 0 Å². The molecule has 0 saturated heterocycles. The largest absolute Gasteiger partial charge is 0.493 e. The van der Waals surface area contributed by atoms with Crippen molar-refractivity contribution >= 4 is 11.6 Å². The Labute approximate surface area is 172 Å². The van der Waals surface area contributed by atoms with Crippen molar-refractivity contribution in [2.75, 3.05) is 20.3 Å². The van der Waals surface area contributed by atoms with Crippen LogP contribution in [0, 0.1) is 6.92 Å². The summed E-state index contributed by atoms with van der Waals surface area (Å²) in [6.45, 7) is 7.92. The molecule has 6 heteroatoms. The van der Waals surface area contributed by atoms with Crippen LogP contribution in [0.3, 0.4) is 0 Å². The molecule has 0 aliphatic carbocycles. The highest BCUT2D eigenvalue weighted by atomic mass is 16.5. The van der Waals surface area contributed by atoms with E-state index in [1.165, 1.54) is 0 Å². The standard InChI is InChI=1S/C23H29N3O3/c1-5-12-25(15-18-10-11-20(29-13-6-2)21(14-18)28-4)23(27)19-16-26-17(3)8-7-9-22(26)24-19/h7-11,14,16H,5-6,12-13,15H2,1-4H3. The Morgan fingerprint density at radius 3 is 2.66 bits per heavy atom. The smallest absolute Gasteiger partial charge is 0.274 e. The Kier molecular flexibility index (Phi) is 6.75. The van der Waals surface area contributed by atoms with Gasteiger partial charge in [-0.3, -0.25) is 4.79 Å². The van der Waals surface area contributed by atoms with E-state index in [9.17, 15) is 4.79 Å². The zero-order chi connectivity index (χ0) is 20.8. The molecule has 1 aromatic carbocycles. The van der Waals surface area contributed by atoms with Gasteiger partial charge in [-0.1, -0.05) is 26.0 Å². The van der Waals surface area contributed by atoms with Crippen LogP contribution in [-0.4, -0.2) is 40.5 Å². The minimum Gasteiger partial charge on any atom is -0.493 e. The van der Waals surface area contributed by atoms with Gasteiger partial charge in [-0.15, -0.1) is 0 Å². The molecule has 1 amide bonds. The molecule has 2 aromatic heterocycles. The minimum absolute atomic E-state index is 0.0692. The number of carbonyl (C=O) groups excluding carboxylic acids is 1. The first-order valence-corrected chi connectivity index (χ1v) is 10.1. The number of aromatic nitrogens is 2. The molecule has 0 spiro atoms. The van der Waals surface area contributed by atoms with E-state index < -0.39 is 0 Å². The highest BCUT2D eigenvalue weighted by molar-refractivity contribution is 5.93. The van der Waals surface area contributed by atoms with Gasteiger partial charge in [-0.25, -0.2) is 4.98 Å². The summed E-state index contributed by atoms with van der Waals surface area (Å²) in [6.07, 6.45) is 3.62. The fourth-order valence-corrected chi connectivity index (χ4v) is 3.30. The lowest BCUT2D eigenvalue weighted by atomic mass is 10.1. The van der Waals surface area contributed by atoms with Gasteiger partial charge in [0.25, 0.3) is 5.91 Å². The molecule has 0 fully saturated rings. The van der Waals surface area contributed by atoms with Gasteiger partial charge in [0.15, 0.2) is 11.5 Å². The molecule has 0 atom stereocenters. The number of imidazole rings is 1. The summed E-state index contributed by atoms with van der Waals surface area (Å²) in [6, 6.07) is 11.7. The van der Waals surface area contributed by atoms with Crippen molar-refractivity contribution in [2.24, 2.45) is 0 Å². The average molecular weight is 396 g/mol. The maximum absolute atomic E-state index is 13.2. The van der Waals surface area contributed by atoms with Crippen molar-refractivity contribution < 1.29 is 14.3 Å². The number of pyridine rings is 1. The summed E-state index contributed by atoms with van der Waals surface area (Å²) in [7, 11) is 1.63. The van der Waals surface area contributed by atoms with Crippen LogP contribution in [0.2, 0.25) is 0 Å². The van der Waals surface area contributed by atoms with Crippen molar-refractivity contribution in [3.05, 3.63) is 59.5 Å². The fraction of sp³-hybridized carbons (Fsp3) is 0.391. The Hall–Kier alpha value is -3.02. The molecule has 0 saturated carbocycles. The van der Waals surface area contributed by atoms with Crippen molar-refractivity contribution in [3.8, 4) is 11.5 Å². The van der Waals surface area contributed by atoms with Gasteiger partial charge in [0.2, 0.25) is 0 Å². The quantitative estimate of drug-likeness (QED) is 0.536. The summed E-state index contributed by atoms with van der Waals surface area (Å²) in [5.41, 5.74) is 3.28. The van der Waals surface area contributed by atoms with Crippen molar-refractivity contribution in [1.82, 2.24) is 14.3 Å². The van der Waals surface area contributed by atoms with E-state index in [1.54, 1.807) is 7.11 Å². The van der Waals surface area contributed by atoms with Crippen LogP contribution in [0.5, 0.6) is 11.5 Å². The molecule has 154 valence electrons. The topological polar surface area (TPSA) is 56.1 Å². The zero-order valence-corrected chi connectivity index (χ0v) is 17.6. The maximum atomic E-state index is 13.2. The Morgan fingerprint density at radius 1 is 1.14 bits per heavy atom. The van der Waals surface area contributed by atoms with Crippen LogP contribution in [0.25, 0.3) is 5.65 Å². The first kappa shape index (κ1) is 20.7. The molecule has 0 N–H and O–H groups in total. The first-order valence-electron chi connectivity index (χ1n) is 10.1. The number of rotatable bonds is 9. The Bertz CT molecular complexity index is 981. The van der Waals surface area contributed by atoms with E-state index in [-0.39, 0.29) is 5.91 Å². The van der Waals surface area contributed by atoms with Crippen LogP contribution in [-0.2, 0) is 6.54 Å². The normalized spacial score (nSPS) is 10.9. The molecular weight excluding hydrogens is 366 g/mol. The molecule has 3 aromatic rings. The lowest BCUT2D eigenvalue weighted by Gasteiger charge is -2.22. The lowest BCUT2D eigenvalue weighted by molar-refractivity contribution is 0.0738. The van der Waals surface area contributed by atoms with Gasteiger partial charge in [0.1, 0.15) is 11.3 Å². The van der Waals surface area contributed by atoms with E-state index in [4.69, 9.17) is 9.47 Å². The van der Waals surface area contributed by atoms with Gasteiger partial charge in [-0.2, -0.15) is 0 Å². The second kappa shape index (κ2) is 9.45. The third-order valence-corrected chi connectivity index (χ3v) is 4.76. The first-order chi connectivity index (χ1) is 14.1. The van der Waals surface area contributed by atoms with Gasteiger partial charge in [0.05, 0.1) is 13.7 Å². The van der Waals surface area contributed by atoms with Gasteiger partial charge < -0.3 is 18.8 Å². The van der Waals surface area contributed by atoms with E-state index in [0.717, 1.165) is 35.5 Å². The van der Waals surface area contributed by atoms with E-state index in [2.05, 4.69) is 18.8 Å². The van der Waals surface area contributed by atoms with Gasteiger partial charge in [0, 0.05) is 25.0 Å². The summed E-state index contributed by atoms with van der Waals surface area (Å²) in [5.74, 6) is 1.34. The minimum atomic E-state index is -0.0692. The predicted octanol–water partition coefficient (Wildman–Crippen LogP) is 4.49. The molecule has 6 nitrogen and oxygen atoms in total. The second-order valence-corrected chi connectivity index (χ2v) is 7.08. The number of ether oxygens (including phenoxy) is 2. The van der Waals surface area contributed by atoms with E-state index in [1.807, 2.05) is 58.8 Å².